The molecule has 1 unspecified atom stereocenters. The Bertz CT molecular complexity index is 112. The molecule has 0 saturated carbocycles. The summed E-state index contributed by atoms with van der Waals surface area (Å²) in [6.07, 6.45) is 1.61. The Morgan fingerprint density at radius 2 is 2.30 bits per heavy atom. The summed E-state index contributed by atoms with van der Waals surface area (Å²) in [6.45, 7) is 6.44. The van der Waals surface area contributed by atoms with Crippen molar-refractivity contribution in [1.29, 1.82) is 0 Å². The fraction of sp³-hybridized carbons (Fsp3) is 1.00. The van der Waals surface area contributed by atoms with E-state index in [0.29, 0.717) is 11.5 Å². The lowest BCUT2D eigenvalue weighted by Crippen LogP contribution is -2.33. The number of hydrogen-bond donors (Lipinski definition) is 1. The predicted octanol–water partition coefficient (Wildman–Crippen LogP) is 1.02. The van der Waals surface area contributed by atoms with E-state index in [1.54, 1.807) is 0 Å². The maximum absolute atomic E-state index is 5.55. The summed E-state index contributed by atoms with van der Waals surface area (Å²) in [7, 11) is 1.97. The predicted molar refractivity (Wildman–Crippen MR) is 42.1 cm³/mol. The van der Waals surface area contributed by atoms with Crippen LogP contribution in [0.2, 0.25) is 0 Å². The first-order chi connectivity index (χ1) is 4.67. The molecule has 2 nitrogen and oxygen atoms in total. The van der Waals surface area contributed by atoms with Gasteiger partial charge in [0.15, 0.2) is 0 Å². The van der Waals surface area contributed by atoms with Gasteiger partial charge in [0.2, 0.25) is 0 Å². The van der Waals surface area contributed by atoms with Crippen molar-refractivity contribution >= 4 is 0 Å². The summed E-state index contributed by atoms with van der Waals surface area (Å²) in [4.78, 5) is 0. The summed E-state index contributed by atoms with van der Waals surface area (Å²) in [5.41, 5.74) is 0.378. The Morgan fingerprint density at radius 1 is 1.60 bits per heavy atom. The highest BCUT2D eigenvalue weighted by molar-refractivity contribution is 4.85. The highest BCUT2D eigenvalue weighted by Gasteiger charge is 2.34. The first kappa shape index (κ1) is 8.02. The molecule has 1 aliphatic rings. The Kier molecular flexibility index (Phi) is 2.32. The molecule has 1 rings (SSSR count). The molecule has 0 aromatic carbocycles. The fourth-order valence-electron chi connectivity index (χ4n) is 1.37. The van der Waals surface area contributed by atoms with Gasteiger partial charge < -0.3 is 10.1 Å². The smallest absolute Gasteiger partial charge is 0.0750 e. The van der Waals surface area contributed by atoms with Crippen molar-refractivity contribution in [2.75, 3.05) is 20.2 Å². The SMILES string of the molecule is CNCC1OCCC1(C)C. The summed E-state index contributed by atoms with van der Waals surface area (Å²) in [5, 5.41) is 3.14. The molecule has 0 aliphatic carbocycles. The first-order valence-electron chi connectivity index (χ1n) is 3.93. The van der Waals surface area contributed by atoms with Gasteiger partial charge in [-0.25, -0.2) is 0 Å². The monoisotopic (exact) mass is 143 g/mol. The topological polar surface area (TPSA) is 21.3 Å². The minimum Gasteiger partial charge on any atom is -0.376 e. The van der Waals surface area contributed by atoms with Crippen LogP contribution in [0.15, 0.2) is 0 Å². The lowest BCUT2D eigenvalue weighted by atomic mass is 9.86. The average Bonchev–Trinajstić information content (AvgIpc) is 2.13. The molecule has 0 aromatic heterocycles. The van der Waals surface area contributed by atoms with Crippen LogP contribution in [0.5, 0.6) is 0 Å². The van der Waals surface area contributed by atoms with Crippen LogP contribution in [0.1, 0.15) is 20.3 Å². The molecule has 0 aromatic rings. The van der Waals surface area contributed by atoms with Gasteiger partial charge in [-0.1, -0.05) is 13.8 Å². The second kappa shape index (κ2) is 2.89. The van der Waals surface area contributed by atoms with Crippen molar-refractivity contribution in [2.24, 2.45) is 5.41 Å². The van der Waals surface area contributed by atoms with Crippen molar-refractivity contribution in [3.8, 4) is 0 Å². The van der Waals surface area contributed by atoms with Crippen molar-refractivity contribution in [2.45, 2.75) is 26.4 Å². The summed E-state index contributed by atoms with van der Waals surface area (Å²) in [5.74, 6) is 0. The number of likely N-dealkylation sites (N-methyl/N-ethyl adjacent to an activating group) is 1. The number of ether oxygens (including phenoxy) is 1. The van der Waals surface area contributed by atoms with Gasteiger partial charge in [-0.05, 0) is 18.9 Å². The Morgan fingerprint density at radius 3 is 2.70 bits per heavy atom. The average molecular weight is 143 g/mol. The minimum atomic E-state index is 0.378. The third kappa shape index (κ3) is 1.50. The molecule has 1 heterocycles. The standard InChI is InChI=1S/C8H17NO/c1-8(2)4-5-10-7(8)6-9-3/h7,9H,4-6H2,1-3H3. The Balaban J connectivity index is 2.43. The largest absolute Gasteiger partial charge is 0.376 e. The van der Waals surface area contributed by atoms with Crippen LogP contribution in [0.25, 0.3) is 0 Å². The van der Waals surface area contributed by atoms with Gasteiger partial charge in [0.25, 0.3) is 0 Å². The second-order valence-corrected chi connectivity index (χ2v) is 3.66. The summed E-state index contributed by atoms with van der Waals surface area (Å²) >= 11 is 0. The molecule has 1 aliphatic heterocycles. The van der Waals surface area contributed by atoms with E-state index < -0.39 is 0 Å². The molecule has 1 atom stereocenters. The van der Waals surface area contributed by atoms with Crippen LogP contribution in [-0.2, 0) is 4.74 Å². The molecule has 0 spiro atoms. The molecular weight excluding hydrogens is 126 g/mol. The number of hydrogen-bond acceptors (Lipinski definition) is 2. The molecule has 1 N–H and O–H groups in total. The summed E-state index contributed by atoms with van der Waals surface area (Å²) in [6, 6.07) is 0. The van der Waals surface area contributed by atoms with E-state index >= 15 is 0 Å². The van der Waals surface area contributed by atoms with Gasteiger partial charge in [0, 0.05) is 13.2 Å². The minimum absolute atomic E-state index is 0.378. The Labute approximate surface area is 63.0 Å². The number of nitrogens with one attached hydrogen (secondary N) is 1. The zero-order chi connectivity index (χ0) is 7.61. The zero-order valence-electron chi connectivity index (χ0n) is 7.11. The lowest BCUT2D eigenvalue weighted by molar-refractivity contribution is 0.0655. The van der Waals surface area contributed by atoms with E-state index in [1.165, 1.54) is 6.42 Å². The molecule has 1 fully saturated rings. The van der Waals surface area contributed by atoms with E-state index in [9.17, 15) is 0 Å². The van der Waals surface area contributed by atoms with Crippen molar-refractivity contribution < 1.29 is 4.74 Å². The maximum Gasteiger partial charge on any atom is 0.0750 e. The third-order valence-corrected chi connectivity index (χ3v) is 2.33. The second-order valence-electron chi connectivity index (χ2n) is 3.66. The van der Waals surface area contributed by atoms with Crippen molar-refractivity contribution in [3.05, 3.63) is 0 Å². The van der Waals surface area contributed by atoms with Crippen LogP contribution in [0, 0.1) is 5.41 Å². The molecule has 10 heavy (non-hydrogen) atoms. The van der Waals surface area contributed by atoms with E-state index in [2.05, 4.69) is 19.2 Å². The van der Waals surface area contributed by atoms with Gasteiger partial charge >= 0.3 is 0 Å². The lowest BCUT2D eigenvalue weighted by Gasteiger charge is -2.24. The van der Waals surface area contributed by atoms with Crippen LogP contribution >= 0.6 is 0 Å². The highest BCUT2D eigenvalue weighted by atomic mass is 16.5. The van der Waals surface area contributed by atoms with Gasteiger partial charge in [0.05, 0.1) is 6.10 Å². The molecular formula is C8H17NO. The maximum atomic E-state index is 5.55. The van der Waals surface area contributed by atoms with Crippen molar-refractivity contribution in [3.63, 3.8) is 0 Å². The first-order valence-corrected chi connectivity index (χ1v) is 3.93. The van der Waals surface area contributed by atoms with Gasteiger partial charge in [-0.3, -0.25) is 0 Å². The molecule has 0 amide bonds. The molecule has 60 valence electrons. The molecule has 1 saturated heterocycles. The fourth-order valence-corrected chi connectivity index (χ4v) is 1.37. The molecule has 0 radical (unpaired) electrons. The van der Waals surface area contributed by atoms with Gasteiger partial charge in [0.1, 0.15) is 0 Å². The summed E-state index contributed by atoms with van der Waals surface area (Å²) < 4.78 is 5.55. The van der Waals surface area contributed by atoms with E-state index in [-0.39, 0.29) is 0 Å². The quantitative estimate of drug-likeness (QED) is 0.623. The van der Waals surface area contributed by atoms with Crippen LogP contribution in [-0.4, -0.2) is 26.3 Å². The highest BCUT2D eigenvalue weighted by Crippen LogP contribution is 2.32. The van der Waals surface area contributed by atoms with E-state index in [4.69, 9.17) is 4.74 Å². The van der Waals surface area contributed by atoms with Crippen molar-refractivity contribution in [1.82, 2.24) is 5.32 Å². The van der Waals surface area contributed by atoms with E-state index in [1.807, 2.05) is 7.05 Å². The van der Waals surface area contributed by atoms with Gasteiger partial charge in [-0.15, -0.1) is 0 Å². The third-order valence-electron chi connectivity index (χ3n) is 2.33. The van der Waals surface area contributed by atoms with Crippen LogP contribution in [0.3, 0.4) is 0 Å². The normalized spacial score (nSPS) is 30.9. The van der Waals surface area contributed by atoms with Gasteiger partial charge in [-0.2, -0.15) is 0 Å². The number of rotatable bonds is 2. The van der Waals surface area contributed by atoms with Crippen LogP contribution < -0.4 is 5.32 Å². The molecule has 0 bridgehead atoms. The molecule has 2 heteroatoms. The Hall–Kier alpha value is -0.0800. The van der Waals surface area contributed by atoms with Crippen LogP contribution in [0.4, 0.5) is 0 Å². The zero-order valence-corrected chi connectivity index (χ0v) is 7.11. The van der Waals surface area contributed by atoms with E-state index in [0.717, 1.165) is 13.2 Å².